The number of aryl methyl sites for hydroxylation is 1. The molecule has 0 bridgehead atoms. The predicted octanol–water partition coefficient (Wildman–Crippen LogP) is 5.23. The van der Waals surface area contributed by atoms with Crippen LogP contribution >= 0.6 is 22.9 Å². The zero-order chi connectivity index (χ0) is 22.1. The van der Waals surface area contributed by atoms with Crippen molar-refractivity contribution in [1.29, 1.82) is 0 Å². The number of rotatable bonds is 6. The Morgan fingerprint density at radius 2 is 1.71 bits per heavy atom. The number of hydrogen-bond donors (Lipinski definition) is 1. The lowest BCUT2D eigenvalue weighted by Crippen LogP contribution is -2.10. The number of thiophene rings is 1. The average molecular weight is 458 g/mol. The van der Waals surface area contributed by atoms with Gasteiger partial charge >= 0.3 is 0 Å². The molecule has 4 aromatic rings. The molecule has 0 atom stereocenters. The molecule has 2 heterocycles. The highest BCUT2D eigenvalue weighted by Crippen LogP contribution is 2.37. The smallest absolute Gasteiger partial charge is 0.265 e. The van der Waals surface area contributed by atoms with Crippen LogP contribution in [0.4, 0.5) is 5.69 Å². The molecular weight excluding hydrogens is 438 g/mol. The maximum atomic E-state index is 12.8. The zero-order valence-corrected chi connectivity index (χ0v) is 18.9. The van der Waals surface area contributed by atoms with Crippen LogP contribution in [-0.2, 0) is 7.05 Å². The first kappa shape index (κ1) is 21.0. The van der Waals surface area contributed by atoms with Gasteiger partial charge in [-0.25, -0.2) is 0 Å². The lowest BCUT2D eigenvalue weighted by Gasteiger charge is -2.08. The van der Waals surface area contributed by atoms with Crippen LogP contribution in [0.15, 0.2) is 42.5 Å². The van der Waals surface area contributed by atoms with E-state index in [2.05, 4.69) is 10.4 Å². The number of benzene rings is 2. The van der Waals surface area contributed by atoms with Crippen LogP contribution in [0.3, 0.4) is 0 Å². The van der Waals surface area contributed by atoms with Gasteiger partial charge in [0.15, 0.2) is 11.5 Å². The molecule has 0 spiro atoms. The monoisotopic (exact) mass is 457 g/mol. The van der Waals surface area contributed by atoms with E-state index in [1.165, 1.54) is 11.3 Å². The van der Waals surface area contributed by atoms with Gasteiger partial charge in [0.25, 0.3) is 5.91 Å². The topological polar surface area (TPSA) is 74.6 Å². The number of carbonyl (C=O) groups is 1. The second kappa shape index (κ2) is 8.49. The number of hydrogen-bond acceptors (Lipinski definition) is 6. The van der Waals surface area contributed by atoms with Gasteiger partial charge in [-0.1, -0.05) is 11.6 Å². The number of ether oxygens (including phenoxy) is 3. The van der Waals surface area contributed by atoms with E-state index >= 15 is 0 Å². The predicted molar refractivity (Wildman–Crippen MR) is 123 cm³/mol. The molecule has 160 valence electrons. The molecular formula is C22H20ClN3O4S. The summed E-state index contributed by atoms with van der Waals surface area (Å²) in [5, 5.41) is 8.83. The Hall–Kier alpha value is -3.23. The van der Waals surface area contributed by atoms with Crippen LogP contribution in [0, 0.1) is 0 Å². The summed E-state index contributed by atoms with van der Waals surface area (Å²) in [7, 11) is 6.58. The van der Waals surface area contributed by atoms with E-state index in [0.717, 1.165) is 21.5 Å². The van der Waals surface area contributed by atoms with Gasteiger partial charge in [-0.15, -0.1) is 11.3 Å². The SMILES string of the molecule is COc1ccc(NC(=O)c2cc3c(-c4ccc(OC)c(OC)c4)nn(C)c3s2)cc1Cl. The van der Waals surface area contributed by atoms with Gasteiger partial charge in [0.2, 0.25) is 0 Å². The normalized spacial score (nSPS) is 10.9. The molecule has 0 saturated carbocycles. The fraction of sp³-hybridized carbons (Fsp3) is 0.182. The van der Waals surface area contributed by atoms with Gasteiger partial charge < -0.3 is 19.5 Å². The van der Waals surface area contributed by atoms with Gasteiger partial charge in [-0.05, 0) is 42.5 Å². The standard InChI is InChI=1S/C22H20ClN3O4S/c1-26-22-14(20(25-26)12-5-7-17(29-3)18(9-12)30-4)11-19(31-22)21(27)24-13-6-8-16(28-2)15(23)10-13/h5-11H,1-4H3,(H,24,27). The fourth-order valence-corrected chi connectivity index (χ4v) is 4.51. The highest BCUT2D eigenvalue weighted by Gasteiger charge is 2.19. The van der Waals surface area contributed by atoms with E-state index in [-0.39, 0.29) is 5.91 Å². The molecule has 0 aliphatic heterocycles. The molecule has 1 N–H and O–H groups in total. The number of nitrogens with one attached hydrogen (secondary N) is 1. The molecule has 0 aliphatic rings. The van der Waals surface area contributed by atoms with Gasteiger partial charge in [0.05, 0.1) is 31.2 Å². The minimum atomic E-state index is -0.222. The molecule has 0 aliphatic carbocycles. The Balaban J connectivity index is 1.67. The van der Waals surface area contributed by atoms with Crippen molar-refractivity contribution in [2.45, 2.75) is 0 Å². The molecule has 0 fully saturated rings. The fourth-order valence-electron chi connectivity index (χ4n) is 3.29. The molecule has 1 amide bonds. The van der Waals surface area contributed by atoms with E-state index in [4.69, 9.17) is 25.8 Å². The van der Waals surface area contributed by atoms with Gasteiger partial charge in [0.1, 0.15) is 16.3 Å². The van der Waals surface area contributed by atoms with E-state index in [0.29, 0.717) is 32.8 Å². The van der Waals surface area contributed by atoms with Crippen LogP contribution in [0.25, 0.3) is 21.5 Å². The van der Waals surface area contributed by atoms with E-state index in [1.54, 1.807) is 44.2 Å². The maximum Gasteiger partial charge on any atom is 0.265 e. The molecule has 0 radical (unpaired) electrons. The molecule has 0 unspecified atom stereocenters. The van der Waals surface area contributed by atoms with Crippen molar-refractivity contribution in [2.75, 3.05) is 26.6 Å². The lowest BCUT2D eigenvalue weighted by molar-refractivity contribution is 0.103. The Morgan fingerprint density at radius 1 is 1.00 bits per heavy atom. The molecule has 2 aromatic carbocycles. The van der Waals surface area contributed by atoms with Crippen molar-refractivity contribution in [3.05, 3.63) is 52.4 Å². The van der Waals surface area contributed by atoms with Gasteiger partial charge in [0, 0.05) is 23.7 Å². The summed E-state index contributed by atoms with van der Waals surface area (Å²) in [6.45, 7) is 0. The average Bonchev–Trinajstić information content (AvgIpc) is 3.34. The van der Waals surface area contributed by atoms with Gasteiger partial charge in [-0.2, -0.15) is 5.10 Å². The first-order valence-corrected chi connectivity index (χ1v) is 10.5. The number of methoxy groups -OCH3 is 3. The van der Waals surface area contributed by atoms with Crippen LogP contribution in [0.1, 0.15) is 9.67 Å². The summed E-state index contributed by atoms with van der Waals surface area (Å²) in [6.07, 6.45) is 0. The summed E-state index contributed by atoms with van der Waals surface area (Å²) in [6, 6.07) is 12.6. The molecule has 0 saturated heterocycles. The van der Waals surface area contributed by atoms with Crippen LogP contribution < -0.4 is 19.5 Å². The van der Waals surface area contributed by atoms with Crippen LogP contribution in [-0.4, -0.2) is 37.0 Å². The number of anilines is 1. The number of fused-ring (bicyclic) bond motifs is 1. The summed E-state index contributed by atoms with van der Waals surface area (Å²) in [4.78, 5) is 14.3. The van der Waals surface area contributed by atoms with Crippen molar-refractivity contribution < 1.29 is 19.0 Å². The van der Waals surface area contributed by atoms with Crippen molar-refractivity contribution in [3.8, 4) is 28.5 Å². The third-order valence-corrected chi connectivity index (χ3v) is 6.30. The Morgan fingerprint density at radius 3 is 2.39 bits per heavy atom. The summed E-state index contributed by atoms with van der Waals surface area (Å²) < 4.78 is 17.6. The van der Waals surface area contributed by atoms with Crippen molar-refractivity contribution in [3.63, 3.8) is 0 Å². The number of aromatic nitrogens is 2. The third kappa shape index (κ3) is 3.92. The first-order chi connectivity index (χ1) is 14.9. The second-order valence-corrected chi connectivity index (χ2v) is 8.11. The molecule has 7 nitrogen and oxygen atoms in total. The van der Waals surface area contributed by atoms with Crippen molar-refractivity contribution >= 4 is 44.7 Å². The molecule has 31 heavy (non-hydrogen) atoms. The van der Waals surface area contributed by atoms with Crippen LogP contribution in [0.5, 0.6) is 17.2 Å². The first-order valence-electron chi connectivity index (χ1n) is 9.29. The maximum absolute atomic E-state index is 12.8. The highest BCUT2D eigenvalue weighted by molar-refractivity contribution is 7.20. The third-order valence-electron chi connectivity index (χ3n) is 4.80. The molecule has 4 rings (SSSR count). The molecule has 2 aromatic heterocycles. The Kier molecular flexibility index (Phi) is 5.75. The number of halogens is 1. The summed E-state index contributed by atoms with van der Waals surface area (Å²) in [5.74, 6) is 1.58. The van der Waals surface area contributed by atoms with E-state index < -0.39 is 0 Å². The summed E-state index contributed by atoms with van der Waals surface area (Å²) in [5.41, 5.74) is 2.22. The quantitative estimate of drug-likeness (QED) is 0.429. The van der Waals surface area contributed by atoms with E-state index in [9.17, 15) is 4.79 Å². The summed E-state index contributed by atoms with van der Waals surface area (Å²) >= 11 is 7.53. The number of amides is 1. The van der Waals surface area contributed by atoms with Gasteiger partial charge in [-0.3, -0.25) is 9.48 Å². The Bertz CT molecular complexity index is 1280. The molecule has 9 heteroatoms. The number of carbonyl (C=O) groups excluding carboxylic acids is 1. The minimum Gasteiger partial charge on any atom is -0.495 e. The zero-order valence-electron chi connectivity index (χ0n) is 17.4. The van der Waals surface area contributed by atoms with Crippen molar-refractivity contribution in [2.24, 2.45) is 7.05 Å². The Labute approximate surface area is 188 Å². The van der Waals surface area contributed by atoms with Crippen LogP contribution in [0.2, 0.25) is 5.02 Å². The highest BCUT2D eigenvalue weighted by atomic mass is 35.5. The largest absolute Gasteiger partial charge is 0.495 e. The van der Waals surface area contributed by atoms with E-state index in [1.807, 2.05) is 31.3 Å². The second-order valence-electron chi connectivity index (χ2n) is 6.67. The number of nitrogens with zero attached hydrogens (tertiary/aromatic N) is 2. The van der Waals surface area contributed by atoms with Crippen molar-refractivity contribution in [1.82, 2.24) is 9.78 Å². The minimum absolute atomic E-state index is 0.222. The lowest BCUT2D eigenvalue weighted by atomic mass is 10.1.